The highest BCUT2D eigenvalue weighted by Crippen LogP contribution is 2.33. The Bertz CT molecular complexity index is 1190. The van der Waals surface area contributed by atoms with Crippen molar-refractivity contribution in [3.63, 3.8) is 0 Å². The lowest BCUT2D eigenvalue weighted by atomic mass is 10.1. The van der Waals surface area contributed by atoms with E-state index in [9.17, 15) is 9.90 Å². The molecular weight excluding hydrogens is 368 g/mol. The van der Waals surface area contributed by atoms with Crippen molar-refractivity contribution in [1.82, 2.24) is 4.98 Å². The molecule has 0 bridgehead atoms. The standard InChI is InChI=1S/C23H20N2O4/c1-13-9-19-21(10-14(13)2)29-23(25-19)18-8-7-16(12-20(18)26)24-22(27)15-5-4-6-17(11-15)28-3/h4-12,26H,1-3H3,(H,24,27). The lowest BCUT2D eigenvalue weighted by Gasteiger charge is -2.08. The number of amides is 1. The molecule has 0 atom stereocenters. The lowest BCUT2D eigenvalue weighted by Crippen LogP contribution is -2.11. The maximum absolute atomic E-state index is 12.5. The quantitative estimate of drug-likeness (QED) is 0.509. The third kappa shape index (κ3) is 3.65. The second-order valence-corrected chi connectivity index (χ2v) is 6.84. The highest BCUT2D eigenvalue weighted by atomic mass is 16.5. The van der Waals surface area contributed by atoms with Gasteiger partial charge in [0.15, 0.2) is 5.58 Å². The predicted molar refractivity (Wildman–Crippen MR) is 112 cm³/mol. The normalized spacial score (nSPS) is 10.9. The number of fused-ring (bicyclic) bond motifs is 1. The number of methoxy groups -OCH3 is 1. The fourth-order valence-corrected chi connectivity index (χ4v) is 3.05. The maximum Gasteiger partial charge on any atom is 0.255 e. The Morgan fingerprint density at radius 3 is 2.62 bits per heavy atom. The molecule has 0 spiro atoms. The van der Waals surface area contributed by atoms with Crippen LogP contribution < -0.4 is 10.1 Å². The van der Waals surface area contributed by atoms with E-state index in [0.29, 0.717) is 34.0 Å². The number of phenolic OH excluding ortho intramolecular Hbond substituents is 1. The molecule has 0 saturated carbocycles. The summed E-state index contributed by atoms with van der Waals surface area (Å²) in [5, 5.41) is 13.2. The van der Waals surface area contributed by atoms with Crippen LogP contribution in [0.25, 0.3) is 22.6 Å². The number of hydrogen-bond donors (Lipinski definition) is 2. The van der Waals surface area contributed by atoms with Gasteiger partial charge in [-0.15, -0.1) is 0 Å². The Hall–Kier alpha value is -3.80. The molecule has 0 saturated heterocycles. The van der Waals surface area contributed by atoms with Crippen LogP contribution in [0, 0.1) is 13.8 Å². The van der Waals surface area contributed by atoms with Gasteiger partial charge in [0.2, 0.25) is 5.89 Å². The van der Waals surface area contributed by atoms with Crippen molar-refractivity contribution in [2.45, 2.75) is 13.8 Å². The number of aromatic hydroxyl groups is 1. The molecule has 6 nitrogen and oxygen atoms in total. The van der Waals surface area contributed by atoms with Gasteiger partial charge < -0.3 is 19.6 Å². The summed E-state index contributed by atoms with van der Waals surface area (Å²) in [5.74, 6) is 0.586. The number of nitrogens with zero attached hydrogens (tertiary/aromatic N) is 1. The number of phenols is 1. The number of anilines is 1. The third-order valence-electron chi connectivity index (χ3n) is 4.82. The van der Waals surface area contributed by atoms with Crippen molar-refractivity contribution in [2.24, 2.45) is 0 Å². The van der Waals surface area contributed by atoms with Crippen molar-refractivity contribution in [1.29, 1.82) is 0 Å². The minimum absolute atomic E-state index is 0.0338. The molecule has 29 heavy (non-hydrogen) atoms. The molecule has 2 N–H and O–H groups in total. The summed E-state index contributed by atoms with van der Waals surface area (Å²) in [6.45, 7) is 4.02. The van der Waals surface area contributed by atoms with E-state index < -0.39 is 0 Å². The summed E-state index contributed by atoms with van der Waals surface area (Å²) in [7, 11) is 1.54. The van der Waals surface area contributed by atoms with Crippen LogP contribution >= 0.6 is 0 Å². The molecule has 4 rings (SSSR count). The first kappa shape index (κ1) is 18.6. The minimum Gasteiger partial charge on any atom is -0.507 e. The van der Waals surface area contributed by atoms with Gasteiger partial charge in [-0.05, 0) is 67.4 Å². The summed E-state index contributed by atoms with van der Waals surface area (Å²) < 4.78 is 11.0. The van der Waals surface area contributed by atoms with Gasteiger partial charge in [0, 0.05) is 17.3 Å². The Labute approximate surface area is 167 Å². The van der Waals surface area contributed by atoms with Crippen LogP contribution in [0.3, 0.4) is 0 Å². The molecule has 1 aromatic heterocycles. The van der Waals surface area contributed by atoms with Gasteiger partial charge in [0.1, 0.15) is 17.0 Å². The van der Waals surface area contributed by atoms with Gasteiger partial charge in [-0.1, -0.05) is 6.07 Å². The van der Waals surface area contributed by atoms with Gasteiger partial charge in [0.05, 0.1) is 12.7 Å². The van der Waals surface area contributed by atoms with Crippen molar-refractivity contribution >= 4 is 22.7 Å². The van der Waals surface area contributed by atoms with E-state index >= 15 is 0 Å². The van der Waals surface area contributed by atoms with Crippen LogP contribution in [-0.2, 0) is 0 Å². The van der Waals surface area contributed by atoms with Crippen LogP contribution in [0.4, 0.5) is 5.69 Å². The number of carbonyl (C=O) groups is 1. The first-order chi connectivity index (χ1) is 13.9. The van der Waals surface area contributed by atoms with E-state index in [1.165, 1.54) is 6.07 Å². The topological polar surface area (TPSA) is 84.6 Å². The zero-order chi connectivity index (χ0) is 20.5. The minimum atomic E-state index is -0.302. The summed E-state index contributed by atoms with van der Waals surface area (Å²) in [4.78, 5) is 16.9. The highest BCUT2D eigenvalue weighted by molar-refractivity contribution is 6.04. The summed E-state index contributed by atoms with van der Waals surface area (Å²) in [6, 6.07) is 15.6. The van der Waals surface area contributed by atoms with Crippen molar-refractivity contribution in [3.05, 3.63) is 71.3 Å². The van der Waals surface area contributed by atoms with Crippen LogP contribution in [0.5, 0.6) is 11.5 Å². The van der Waals surface area contributed by atoms with Crippen molar-refractivity contribution < 1.29 is 19.1 Å². The van der Waals surface area contributed by atoms with E-state index in [2.05, 4.69) is 10.3 Å². The average Bonchev–Trinajstić information content (AvgIpc) is 3.10. The Morgan fingerprint density at radius 1 is 1.07 bits per heavy atom. The van der Waals surface area contributed by atoms with E-state index in [-0.39, 0.29) is 11.7 Å². The summed E-state index contributed by atoms with van der Waals surface area (Å²) in [6.07, 6.45) is 0. The number of ether oxygens (including phenoxy) is 1. The maximum atomic E-state index is 12.5. The number of rotatable bonds is 4. The molecule has 4 aromatic rings. The molecule has 0 unspecified atom stereocenters. The van der Waals surface area contributed by atoms with E-state index in [0.717, 1.165) is 16.6 Å². The molecule has 6 heteroatoms. The number of carbonyl (C=O) groups excluding carboxylic acids is 1. The van der Waals surface area contributed by atoms with E-state index in [1.54, 1.807) is 43.5 Å². The molecule has 0 radical (unpaired) electrons. The first-order valence-corrected chi connectivity index (χ1v) is 9.11. The fourth-order valence-electron chi connectivity index (χ4n) is 3.05. The number of aromatic nitrogens is 1. The van der Waals surface area contributed by atoms with Crippen molar-refractivity contribution in [3.8, 4) is 23.0 Å². The Balaban J connectivity index is 1.60. The molecule has 0 aliphatic carbocycles. The van der Waals surface area contributed by atoms with Gasteiger partial charge >= 0.3 is 0 Å². The van der Waals surface area contributed by atoms with E-state index in [1.807, 2.05) is 26.0 Å². The second kappa shape index (κ2) is 7.31. The summed E-state index contributed by atoms with van der Waals surface area (Å²) in [5.41, 5.74) is 5.00. The zero-order valence-electron chi connectivity index (χ0n) is 16.3. The Morgan fingerprint density at radius 2 is 1.86 bits per heavy atom. The number of oxazole rings is 1. The van der Waals surface area contributed by atoms with Gasteiger partial charge in [-0.3, -0.25) is 4.79 Å². The number of hydrogen-bond acceptors (Lipinski definition) is 5. The molecule has 3 aromatic carbocycles. The number of nitrogens with one attached hydrogen (secondary N) is 1. The zero-order valence-corrected chi connectivity index (χ0v) is 16.3. The fraction of sp³-hybridized carbons (Fsp3) is 0.130. The van der Waals surface area contributed by atoms with Crippen molar-refractivity contribution in [2.75, 3.05) is 12.4 Å². The van der Waals surface area contributed by atoms with Gasteiger partial charge in [-0.2, -0.15) is 0 Å². The van der Waals surface area contributed by atoms with Crippen LogP contribution in [0.15, 0.2) is 59.0 Å². The molecule has 0 aliphatic heterocycles. The lowest BCUT2D eigenvalue weighted by molar-refractivity contribution is 0.102. The highest BCUT2D eigenvalue weighted by Gasteiger charge is 2.15. The molecule has 1 amide bonds. The number of aryl methyl sites for hydroxylation is 2. The van der Waals surface area contributed by atoms with Gasteiger partial charge in [0.25, 0.3) is 5.91 Å². The number of benzene rings is 3. The summed E-state index contributed by atoms with van der Waals surface area (Å²) >= 11 is 0. The smallest absolute Gasteiger partial charge is 0.255 e. The van der Waals surface area contributed by atoms with Gasteiger partial charge in [-0.25, -0.2) is 4.98 Å². The van der Waals surface area contributed by atoms with Crippen LogP contribution in [0.2, 0.25) is 0 Å². The SMILES string of the molecule is COc1cccc(C(=O)Nc2ccc(-c3nc4cc(C)c(C)cc4o3)c(O)c2)c1. The Kier molecular flexibility index (Phi) is 4.68. The predicted octanol–water partition coefficient (Wildman–Crippen LogP) is 5.08. The third-order valence-corrected chi connectivity index (χ3v) is 4.82. The second-order valence-electron chi connectivity index (χ2n) is 6.84. The molecule has 0 fully saturated rings. The molecule has 146 valence electrons. The molecule has 1 heterocycles. The molecule has 0 aliphatic rings. The monoisotopic (exact) mass is 388 g/mol. The van der Waals surface area contributed by atoms with Crippen LogP contribution in [-0.4, -0.2) is 23.1 Å². The first-order valence-electron chi connectivity index (χ1n) is 9.11. The van der Waals surface area contributed by atoms with Crippen LogP contribution in [0.1, 0.15) is 21.5 Å². The largest absolute Gasteiger partial charge is 0.507 e. The van der Waals surface area contributed by atoms with E-state index in [4.69, 9.17) is 9.15 Å². The average molecular weight is 388 g/mol. The molecular formula is C23H20N2O4.